The van der Waals surface area contributed by atoms with Crippen LogP contribution in [-0.2, 0) is 0 Å². The van der Waals surface area contributed by atoms with Crippen molar-refractivity contribution in [3.8, 4) is 11.1 Å². The van der Waals surface area contributed by atoms with E-state index in [0.29, 0.717) is 17.6 Å². The van der Waals surface area contributed by atoms with Gasteiger partial charge in [0.2, 0.25) is 5.91 Å². The molecule has 0 saturated carbocycles. The molecule has 2 aromatic carbocycles. The number of amides is 1. The van der Waals surface area contributed by atoms with E-state index >= 15 is 0 Å². The van der Waals surface area contributed by atoms with Crippen molar-refractivity contribution in [1.82, 2.24) is 10.2 Å². The first-order valence-electron chi connectivity index (χ1n) is 9.40. The number of fused-ring (bicyclic) bond motifs is 1. The number of primary amides is 1. The Morgan fingerprint density at radius 1 is 1.11 bits per heavy atom. The lowest BCUT2D eigenvalue weighted by atomic mass is 9.96. The van der Waals surface area contributed by atoms with Crippen LogP contribution in [0.3, 0.4) is 0 Å². The van der Waals surface area contributed by atoms with E-state index in [-0.39, 0.29) is 0 Å². The van der Waals surface area contributed by atoms with E-state index in [4.69, 9.17) is 5.73 Å². The zero-order valence-electron chi connectivity index (χ0n) is 15.9. The number of aryl methyl sites for hydroxylation is 1. The van der Waals surface area contributed by atoms with Gasteiger partial charge in [0.25, 0.3) is 0 Å². The molecule has 1 saturated heterocycles. The molecule has 2 unspecified atom stereocenters. The normalized spacial score (nSPS) is 19.6. The maximum Gasteiger partial charge on any atom is 0.248 e. The molecule has 0 aliphatic carbocycles. The van der Waals surface area contributed by atoms with Crippen molar-refractivity contribution in [3.63, 3.8) is 0 Å². The summed E-state index contributed by atoms with van der Waals surface area (Å²) < 4.78 is 0. The number of aromatic nitrogens is 2. The Bertz CT molecular complexity index is 1020. The number of benzene rings is 2. The number of hydrogen-bond acceptors (Lipinski definition) is 4. The Morgan fingerprint density at radius 2 is 1.85 bits per heavy atom. The molecular weight excluding hydrogens is 336 g/mol. The lowest BCUT2D eigenvalue weighted by molar-refractivity contribution is 0.100. The maximum absolute atomic E-state index is 11.6. The Labute approximate surface area is 159 Å². The standard InChI is InChI=1S/C22H24N4O/c1-13-4-7-17(21(23)27)11-20(13)16-8-9-19-18(10-16)12-24-25-22(19)26-14(2)5-6-15(26)3/h4,7-12,14-15H,5-6H2,1-3H3,(H2,23,27). The average molecular weight is 360 g/mol. The summed E-state index contributed by atoms with van der Waals surface area (Å²) in [7, 11) is 0. The van der Waals surface area contributed by atoms with Crippen LogP contribution >= 0.6 is 0 Å². The van der Waals surface area contributed by atoms with Crippen LogP contribution < -0.4 is 10.6 Å². The van der Waals surface area contributed by atoms with Crippen molar-refractivity contribution in [1.29, 1.82) is 0 Å². The van der Waals surface area contributed by atoms with E-state index in [0.717, 1.165) is 33.3 Å². The quantitative estimate of drug-likeness (QED) is 0.764. The molecule has 1 fully saturated rings. The smallest absolute Gasteiger partial charge is 0.248 e. The fourth-order valence-electron chi connectivity index (χ4n) is 4.13. The molecule has 0 radical (unpaired) electrons. The minimum absolute atomic E-state index is 0.415. The Morgan fingerprint density at radius 3 is 2.56 bits per heavy atom. The van der Waals surface area contributed by atoms with Crippen LogP contribution in [-0.4, -0.2) is 28.2 Å². The number of nitrogens with two attached hydrogens (primary N) is 1. The highest BCUT2D eigenvalue weighted by atomic mass is 16.1. The third-order valence-electron chi connectivity index (χ3n) is 5.67. The van der Waals surface area contributed by atoms with E-state index in [1.807, 2.05) is 19.1 Å². The van der Waals surface area contributed by atoms with Gasteiger partial charge in [0.15, 0.2) is 5.82 Å². The second-order valence-electron chi connectivity index (χ2n) is 7.55. The van der Waals surface area contributed by atoms with Gasteiger partial charge in [-0.3, -0.25) is 4.79 Å². The zero-order valence-corrected chi connectivity index (χ0v) is 15.9. The van der Waals surface area contributed by atoms with Gasteiger partial charge in [-0.25, -0.2) is 0 Å². The van der Waals surface area contributed by atoms with Crippen molar-refractivity contribution in [2.24, 2.45) is 5.73 Å². The summed E-state index contributed by atoms with van der Waals surface area (Å²) in [4.78, 5) is 13.9. The monoisotopic (exact) mass is 360 g/mol. The Hall–Kier alpha value is -2.95. The molecular formula is C22H24N4O. The van der Waals surface area contributed by atoms with Gasteiger partial charge in [-0.2, -0.15) is 5.10 Å². The second-order valence-corrected chi connectivity index (χ2v) is 7.55. The van der Waals surface area contributed by atoms with Gasteiger partial charge in [-0.15, -0.1) is 5.10 Å². The van der Waals surface area contributed by atoms with Crippen molar-refractivity contribution < 1.29 is 4.79 Å². The summed E-state index contributed by atoms with van der Waals surface area (Å²) in [6.45, 7) is 6.53. The molecule has 0 bridgehead atoms. The van der Waals surface area contributed by atoms with Crippen LogP contribution in [0.15, 0.2) is 42.6 Å². The SMILES string of the molecule is Cc1ccc(C(N)=O)cc1-c1ccc2c(N3C(C)CCC3C)nncc2c1. The third kappa shape index (κ3) is 3.03. The van der Waals surface area contributed by atoms with E-state index in [2.05, 4.69) is 47.1 Å². The van der Waals surface area contributed by atoms with Crippen molar-refractivity contribution >= 4 is 22.5 Å². The minimum atomic E-state index is -0.415. The Kier molecular flexibility index (Phi) is 4.30. The van der Waals surface area contributed by atoms with E-state index < -0.39 is 5.91 Å². The van der Waals surface area contributed by atoms with Crippen LogP contribution in [0.2, 0.25) is 0 Å². The number of anilines is 1. The average Bonchev–Trinajstić information content (AvgIpc) is 2.99. The number of nitrogens with zero attached hydrogens (tertiary/aromatic N) is 3. The number of carbonyl (C=O) groups excluding carboxylic acids is 1. The fraction of sp³-hybridized carbons (Fsp3) is 0.318. The second kappa shape index (κ2) is 6.65. The van der Waals surface area contributed by atoms with Gasteiger partial charge >= 0.3 is 0 Å². The fourth-order valence-corrected chi connectivity index (χ4v) is 4.13. The summed E-state index contributed by atoms with van der Waals surface area (Å²) in [5.41, 5.74) is 9.13. The van der Waals surface area contributed by atoms with Gasteiger partial charge in [0.05, 0.1) is 6.20 Å². The first-order valence-corrected chi connectivity index (χ1v) is 9.40. The molecule has 27 heavy (non-hydrogen) atoms. The summed E-state index contributed by atoms with van der Waals surface area (Å²) >= 11 is 0. The molecule has 4 rings (SSSR count). The molecule has 1 aliphatic rings. The maximum atomic E-state index is 11.6. The Balaban J connectivity index is 1.83. The number of rotatable bonds is 3. The lowest BCUT2D eigenvalue weighted by Crippen LogP contribution is -2.33. The predicted octanol–water partition coefficient (Wildman–Crippen LogP) is 4.08. The predicted molar refractivity (Wildman–Crippen MR) is 109 cm³/mol. The van der Waals surface area contributed by atoms with Gasteiger partial charge < -0.3 is 10.6 Å². The highest BCUT2D eigenvalue weighted by Crippen LogP contribution is 2.35. The summed E-state index contributed by atoms with van der Waals surface area (Å²) in [5.74, 6) is 0.543. The van der Waals surface area contributed by atoms with Crippen LogP contribution in [0.1, 0.15) is 42.6 Å². The van der Waals surface area contributed by atoms with Crippen LogP contribution in [0.25, 0.3) is 21.9 Å². The molecule has 138 valence electrons. The van der Waals surface area contributed by atoms with Gasteiger partial charge in [0.1, 0.15) is 0 Å². The van der Waals surface area contributed by atoms with Crippen molar-refractivity contribution in [2.75, 3.05) is 4.90 Å². The van der Waals surface area contributed by atoms with Gasteiger partial charge in [-0.05, 0) is 74.6 Å². The van der Waals surface area contributed by atoms with Gasteiger partial charge in [0, 0.05) is 28.4 Å². The van der Waals surface area contributed by atoms with E-state index in [1.54, 1.807) is 12.3 Å². The summed E-state index contributed by atoms with van der Waals surface area (Å²) in [6.07, 6.45) is 4.16. The van der Waals surface area contributed by atoms with Gasteiger partial charge in [-0.1, -0.05) is 12.1 Å². The highest BCUT2D eigenvalue weighted by Gasteiger charge is 2.29. The molecule has 1 aliphatic heterocycles. The lowest BCUT2D eigenvalue weighted by Gasteiger charge is -2.28. The molecule has 3 aromatic rings. The van der Waals surface area contributed by atoms with Crippen LogP contribution in [0, 0.1) is 6.92 Å². The molecule has 2 heterocycles. The first kappa shape index (κ1) is 17.5. The first-order chi connectivity index (χ1) is 13.0. The molecule has 1 amide bonds. The van der Waals surface area contributed by atoms with Crippen molar-refractivity contribution in [3.05, 3.63) is 53.7 Å². The number of carbonyl (C=O) groups is 1. The van der Waals surface area contributed by atoms with E-state index in [9.17, 15) is 4.79 Å². The minimum Gasteiger partial charge on any atom is -0.366 e. The summed E-state index contributed by atoms with van der Waals surface area (Å²) in [5, 5.41) is 10.9. The zero-order chi connectivity index (χ0) is 19.1. The molecule has 5 nitrogen and oxygen atoms in total. The third-order valence-corrected chi connectivity index (χ3v) is 5.67. The van der Waals surface area contributed by atoms with Crippen molar-refractivity contribution in [2.45, 2.75) is 45.7 Å². The summed E-state index contributed by atoms with van der Waals surface area (Å²) in [6, 6.07) is 12.8. The topological polar surface area (TPSA) is 72.1 Å². The highest BCUT2D eigenvalue weighted by molar-refractivity contribution is 5.97. The number of hydrogen-bond donors (Lipinski definition) is 1. The molecule has 2 N–H and O–H groups in total. The molecule has 2 atom stereocenters. The largest absolute Gasteiger partial charge is 0.366 e. The molecule has 5 heteroatoms. The van der Waals surface area contributed by atoms with Crippen LogP contribution in [0.5, 0.6) is 0 Å². The van der Waals surface area contributed by atoms with E-state index in [1.165, 1.54) is 12.8 Å². The van der Waals surface area contributed by atoms with Crippen LogP contribution in [0.4, 0.5) is 5.82 Å². The molecule has 0 spiro atoms. The molecule has 1 aromatic heterocycles.